The number of imidazole rings is 1. The van der Waals surface area contributed by atoms with Gasteiger partial charge >= 0.3 is 5.97 Å². The van der Waals surface area contributed by atoms with Gasteiger partial charge in [0.1, 0.15) is 10.8 Å². The third-order valence-corrected chi connectivity index (χ3v) is 6.75. The Balaban J connectivity index is 1.76. The van der Waals surface area contributed by atoms with Crippen LogP contribution in [0.5, 0.6) is 0 Å². The number of aromatic nitrogens is 2. The first-order valence-electron chi connectivity index (χ1n) is 8.75. The van der Waals surface area contributed by atoms with E-state index in [2.05, 4.69) is 9.55 Å². The molecule has 0 bridgehead atoms. The lowest BCUT2D eigenvalue weighted by atomic mass is 9.98. The molecule has 2 aliphatic rings. The van der Waals surface area contributed by atoms with E-state index in [0.29, 0.717) is 24.4 Å². The maximum absolute atomic E-state index is 11.5. The molecule has 136 valence electrons. The minimum Gasteiger partial charge on any atom is -0.481 e. The summed E-state index contributed by atoms with van der Waals surface area (Å²) < 4.78 is 2.11. The van der Waals surface area contributed by atoms with Gasteiger partial charge in [0.2, 0.25) is 0 Å². The normalized spacial score (nSPS) is 17.7. The highest BCUT2D eigenvalue weighted by Crippen LogP contribution is 2.43. The Kier molecular flexibility index (Phi) is 3.74. The van der Waals surface area contributed by atoms with Crippen molar-refractivity contribution in [2.24, 2.45) is 10.9 Å². The Hall–Kier alpha value is -2.44. The number of hydrogen-bond acceptors (Lipinski definition) is 4. The smallest absolute Gasteiger partial charge is 0.307 e. The average Bonchev–Trinajstić information content (AvgIpc) is 3.27. The Labute approximate surface area is 165 Å². The van der Waals surface area contributed by atoms with E-state index in [4.69, 9.17) is 16.6 Å². The second-order valence-corrected chi connectivity index (χ2v) is 8.43. The van der Waals surface area contributed by atoms with Crippen LogP contribution < -0.4 is 0 Å². The van der Waals surface area contributed by atoms with E-state index in [1.165, 1.54) is 0 Å². The number of aliphatic carboxylic acids is 1. The van der Waals surface area contributed by atoms with Crippen molar-refractivity contribution in [3.8, 4) is 5.00 Å². The third kappa shape index (κ3) is 2.55. The fraction of sp³-hybridized carbons (Fsp3) is 0.250. The summed E-state index contributed by atoms with van der Waals surface area (Å²) in [5.74, 6) is -0.210. The highest BCUT2D eigenvalue weighted by atomic mass is 35.5. The van der Waals surface area contributed by atoms with Crippen LogP contribution in [0.1, 0.15) is 33.1 Å². The van der Waals surface area contributed by atoms with Crippen LogP contribution in [-0.4, -0.2) is 26.3 Å². The third-order valence-electron chi connectivity index (χ3n) is 5.17. The second-order valence-electron chi connectivity index (χ2n) is 6.94. The SMILES string of the molecule is Cc1cn2c(n1)CN=C(c1ccccc1Cl)c1c-2sc2c1CC(C(=O)O)C2. The molecule has 2 aromatic heterocycles. The van der Waals surface area contributed by atoms with E-state index in [1.807, 2.05) is 37.4 Å². The summed E-state index contributed by atoms with van der Waals surface area (Å²) in [7, 11) is 0. The lowest BCUT2D eigenvalue weighted by Gasteiger charge is -2.11. The summed E-state index contributed by atoms with van der Waals surface area (Å²) in [5.41, 5.74) is 4.78. The Bertz CT molecular complexity index is 1130. The first-order valence-corrected chi connectivity index (χ1v) is 9.94. The number of thiophene rings is 1. The van der Waals surface area contributed by atoms with Crippen LogP contribution in [0.2, 0.25) is 5.02 Å². The predicted octanol–water partition coefficient (Wildman–Crippen LogP) is 4.05. The van der Waals surface area contributed by atoms with Crippen molar-refractivity contribution in [3.05, 3.63) is 68.6 Å². The number of carboxylic acid groups (broad SMARTS) is 1. The number of aryl methyl sites for hydroxylation is 1. The van der Waals surface area contributed by atoms with Crippen molar-refractivity contribution in [1.29, 1.82) is 0 Å². The maximum atomic E-state index is 11.5. The maximum Gasteiger partial charge on any atom is 0.307 e. The molecule has 0 amide bonds. The number of rotatable bonds is 2. The number of aliphatic imine (C=N–C) groups is 1. The van der Waals surface area contributed by atoms with Gasteiger partial charge in [-0.3, -0.25) is 14.4 Å². The van der Waals surface area contributed by atoms with Crippen LogP contribution in [0.3, 0.4) is 0 Å². The van der Waals surface area contributed by atoms with Crippen LogP contribution >= 0.6 is 22.9 Å². The van der Waals surface area contributed by atoms with Gasteiger partial charge in [-0.25, -0.2) is 4.98 Å². The number of hydrogen-bond donors (Lipinski definition) is 1. The summed E-state index contributed by atoms with van der Waals surface area (Å²) in [6, 6.07) is 7.68. The van der Waals surface area contributed by atoms with Crippen LogP contribution in [0.25, 0.3) is 5.00 Å². The summed E-state index contributed by atoms with van der Waals surface area (Å²) in [6.07, 6.45) is 3.13. The van der Waals surface area contributed by atoms with Crippen molar-refractivity contribution >= 4 is 34.6 Å². The second kappa shape index (κ2) is 6.04. The lowest BCUT2D eigenvalue weighted by Crippen LogP contribution is -2.14. The molecule has 0 radical (unpaired) electrons. The van der Waals surface area contributed by atoms with Gasteiger partial charge in [0.15, 0.2) is 0 Å². The first kappa shape index (κ1) is 16.7. The average molecular weight is 398 g/mol. The molecular weight excluding hydrogens is 382 g/mol. The highest BCUT2D eigenvalue weighted by molar-refractivity contribution is 7.15. The molecule has 1 aromatic carbocycles. The first-order chi connectivity index (χ1) is 13.0. The minimum atomic E-state index is -0.740. The number of benzene rings is 1. The van der Waals surface area contributed by atoms with E-state index >= 15 is 0 Å². The molecule has 1 atom stereocenters. The van der Waals surface area contributed by atoms with Crippen molar-refractivity contribution in [2.75, 3.05) is 0 Å². The van der Waals surface area contributed by atoms with Gasteiger partial charge < -0.3 is 5.11 Å². The molecule has 0 fully saturated rings. The molecule has 1 aliphatic carbocycles. The number of halogens is 1. The van der Waals surface area contributed by atoms with E-state index < -0.39 is 5.97 Å². The van der Waals surface area contributed by atoms with E-state index in [0.717, 1.165) is 43.8 Å². The van der Waals surface area contributed by atoms with Crippen molar-refractivity contribution in [2.45, 2.75) is 26.3 Å². The largest absolute Gasteiger partial charge is 0.481 e. The van der Waals surface area contributed by atoms with Crippen LogP contribution in [0, 0.1) is 12.8 Å². The van der Waals surface area contributed by atoms with Gasteiger partial charge in [0, 0.05) is 27.2 Å². The summed E-state index contributed by atoms with van der Waals surface area (Å²) >= 11 is 8.15. The molecule has 0 saturated heterocycles. The molecule has 0 spiro atoms. The van der Waals surface area contributed by atoms with Gasteiger partial charge in [-0.2, -0.15) is 0 Å². The number of nitrogens with zero attached hydrogens (tertiary/aromatic N) is 3. The molecule has 7 heteroatoms. The van der Waals surface area contributed by atoms with E-state index in [9.17, 15) is 9.90 Å². The van der Waals surface area contributed by atoms with Crippen molar-refractivity contribution in [3.63, 3.8) is 0 Å². The fourth-order valence-corrected chi connectivity index (χ4v) is 5.58. The monoisotopic (exact) mass is 397 g/mol. The molecule has 27 heavy (non-hydrogen) atoms. The van der Waals surface area contributed by atoms with E-state index in [-0.39, 0.29) is 5.92 Å². The molecule has 1 N–H and O–H groups in total. The Morgan fingerprint density at radius 1 is 1.33 bits per heavy atom. The summed E-state index contributed by atoms with van der Waals surface area (Å²) in [4.78, 5) is 22.2. The van der Waals surface area contributed by atoms with Crippen molar-refractivity contribution < 1.29 is 9.90 Å². The lowest BCUT2D eigenvalue weighted by molar-refractivity contribution is -0.141. The molecule has 1 unspecified atom stereocenters. The Morgan fingerprint density at radius 2 is 2.15 bits per heavy atom. The zero-order valence-electron chi connectivity index (χ0n) is 14.6. The standard InChI is InChI=1S/C20H16ClN3O2S/c1-10-9-24-16(23-10)8-22-18(12-4-2-3-5-14(12)21)17-13-6-11(20(25)26)7-15(13)27-19(17)24/h2-5,9,11H,6-8H2,1H3,(H,25,26). The minimum absolute atomic E-state index is 0.365. The molecule has 3 heterocycles. The van der Waals surface area contributed by atoms with Gasteiger partial charge in [-0.1, -0.05) is 29.8 Å². The van der Waals surface area contributed by atoms with Gasteiger partial charge in [-0.15, -0.1) is 11.3 Å². The Morgan fingerprint density at radius 3 is 2.93 bits per heavy atom. The summed E-state index contributed by atoms with van der Waals surface area (Å²) in [6.45, 7) is 2.44. The van der Waals surface area contributed by atoms with Crippen LogP contribution in [0.15, 0.2) is 35.5 Å². The molecule has 0 saturated carbocycles. The molecule has 5 nitrogen and oxygen atoms in total. The molecular formula is C20H16ClN3O2S. The van der Waals surface area contributed by atoms with Gasteiger partial charge in [0.25, 0.3) is 0 Å². The van der Waals surface area contributed by atoms with E-state index in [1.54, 1.807) is 11.3 Å². The fourth-order valence-electron chi connectivity index (χ4n) is 3.95. The van der Waals surface area contributed by atoms with Crippen LogP contribution in [-0.2, 0) is 24.2 Å². The number of carboxylic acids is 1. The summed E-state index contributed by atoms with van der Waals surface area (Å²) in [5, 5.41) is 11.2. The quantitative estimate of drug-likeness (QED) is 0.709. The van der Waals surface area contributed by atoms with Crippen LogP contribution in [0.4, 0.5) is 0 Å². The van der Waals surface area contributed by atoms with Gasteiger partial charge in [-0.05, 0) is 31.4 Å². The number of carbonyl (C=O) groups is 1. The highest BCUT2D eigenvalue weighted by Gasteiger charge is 2.36. The number of fused-ring (bicyclic) bond motifs is 5. The molecule has 1 aliphatic heterocycles. The predicted molar refractivity (Wildman–Crippen MR) is 106 cm³/mol. The zero-order valence-corrected chi connectivity index (χ0v) is 16.1. The van der Waals surface area contributed by atoms with Crippen molar-refractivity contribution in [1.82, 2.24) is 9.55 Å². The zero-order chi connectivity index (χ0) is 18.7. The molecule has 3 aromatic rings. The van der Waals surface area contributed by atoms with Gasteiger partial charge in [0.05, 0.1) is 23.9 Å². The topological polar surface area (TPSA) is 67.5 Å². The molecule has 5 rings (SSSR count).